The van der Waals surface area contributed by atoms with Gasteiger partial charge in [0.1, 0.15) is 0 Å². The lowest BCUT2D eigenvalue weighted by molar-refractivity contribution is -0.119. The summed E-state index contributed by atoms with van der Waals surface area (Å²) in [5.41, 5.74) is 5.86. The molecular formula is C22H22N2O2. The van der Waals surface area contributed by atoms with E-state index >= 15 is 0 Å². The first-order valence-electron chi connectivity index (χ1n) is 9.13. The van der Waals surface area contributed by atoms with Crippen LogP contribution in [0.1, 0.15) is 48.3 Å². The van der Waals surface area contributed by atoms with Crippen LogP contribution in [0.4, 0.5) is 5.69 Å². The van der Waals surface area contributed by atoms with E-state index in [0.717, 1.165) is 46.5 Å². The Labute approximate surface area is 153 Å². The Hall–Kier alpha value is -2.75. The van der Waals surface area contributed by atoms with Crippen molar-refractivity contribution in [1.29, 1.82) is 0 Å². The van der Waals surface area contributed by atoms with Crippen molar-refractivity contribution >= 4 is 17.4 Å². The third kappa shape index (κ3) is 2.66. The summed E-state index contributed by atoms with van der Waals surface area (Å²) in [5.74, 6) is 0.0829. The Morgan fingerprint density at radius 2 is 1.81 bits per heavy atom. The van der Waals surface area contributed by atoms with E-state index in [9.17, 15) is 9.59 Å². The number of nitrogens with zero attached hydrogens (tertiary/aromatic N) is 2. The number of amides is 1. The largest absolute Gasteiger partial charge is 0.294 e. The number of rotatable bonds is 2. The van der Waals surface area contributed by atoms with E-state index < -0.39 is 0 Å². The number of hydrogen-bond acceptors (Lipinski definition) is 3. The van der Waals surface area contributed by atoms with E-state index in [2.05, 4.69) is 4.98 Å². The fourth-order valence-electron chi connectivity index (χ4n) is 4.13. The number of aryl methyl sites for hydroxylation is 1. The molecule has 0 N–H and O–H groups in total. The molecule has 4 nitrogen and oxygen atoms in total. The summed E-state index contributed by atoms with van der Waals surface area (Å²) in [6.45, 7) is 4.09. The predicted octanol–water partition coefficient (Wildman–Crippen LogP) is 4.23. The first-order valence-corrected chi connectivity index (χ1v) is 9.13. The van der Waals surface area contributed by atoms with Crippen LogP contribution >= 0.6 is 0 Å². The maximum Gasteiger partial charge on any atom is 0.232 e. The Morgan fingerprint density at radius 3 is 2.58 bits per heavy atom. The van der Waals surface area contributed by atoms with Crippen LogP contribution in [0.25, 0.3) is 0 Å². The van der Waals surface area contributed by atoms with Gasteiger partial charge in [-0.25, -0.2) is 0 Å². The third-order valence-electron chi connectivity index (χ3n) is 5.60. The lowest BCUT2D eigenvalue weighted by atomic mass is 9.77. The van der Waals surface area contributed by atoms with Gasteiger partial charge in [-0.15, -0.1) is 0 Å². The van der Waals surface area contributed by atoms with E-state index in [1.54, 1.807) is 12.4 Å². The van der Waals surface area contributed by atoms with Gasteiger partial charge in [0, 0.05) is 42.4 Å². The maximum absolute atomic E-state index is 13.2. The maximum atomic E-state index is 13.2. The number of carbonyl (C=O) groups is 2. The number of hydrogen-bond donors (Lipinski definition) is 0. The summed E-state index contributed by atoms with van der Waals surface area (Å²) >= 11 is 0. The molecule has 1 aliphatic heterocycles. The first kappa shape index (κ1) is 16.7. The summed E-state index contributed by atoms with van der Waals surface area (Å²) in [6.07, 6.45) is 5.91. The first-order chi connectivity index (χ1) is 12.6. The second-order valence-corrected chi connectivity index (χ2v) is 7.12. The molecule has 26 heavy (non-hydrogen) atoms. The monoisotopic (exact) mass is 346 g/mol. The molecule has 1 unspecified atom stereocenters. The van der Waals surface area contributed by atoms with Crippen LogP contribution in [0.5, 0.6) is 0 Å². The molecule has 4 rings (SSSR count). The Bertz CT molecular complexity index is 915. The number of Topliss-reactive ketones (excluding diaryl/α,β-unsaturated/α-hetero) is 1. The normalized spacial score (nSPS) is 20.4. The highest BCUT2D eigenvalue weighted by Crippen LogP contribution is 2.44. The smallest absolute Gasteiger partial charge is 0.232 e. The van der Waals surface area contributed by atoms with Gasteiger partial charge in [0.2, 0.25) is 5.91 Å². The summed E-state index contributed by atoms with van der Waals surface area (Å²) in [7, 11) is 0. The van der Waals surface area contributed by atoms with Crippen molar-refractivity contribution in [2.45, 2.75) is 45.4 Å². The minimum atomic E-state index is -0.158. The van der Waals surface area contributed by atoms with Crippen LogP contribution in [0, 0.1) is 13.8 Å². The van der Waals surface area contributed by atoms with Gasteiger partial charge in [-0.2, -0.15) is 0 Å². The van der Waals surface area contributed by atoms with Gasteiger partial charge in [-0.05, 0) is 61.6 Å². The lowest BCUT2D eigenvalue weighted by Crippen LogP contribution is -2.41. The number of pyridine rings is 1. The van der Waals surface area contributed by atoms with Gasteiger partial charge in [0.25, 0.3) is 0 Å². The molecule has 2 aliphatic rings. The SMILES string of the molecule is Cc1cccc(N2C(=O)CC(c3ccncc3)C3=C2CCCC3=O)c1C. The molecule has 0 spiro atoms. The Kier molecular flexibility index (Phi) is 4.19. The molecule has 1 aliphatic carbocycles. The zero-order valence-electron chi connectivity index (χ0n) is 15.2. The summed E-state index contributed by atoms with van der Waals surface area (Å²) in [6, 6.07) is 9.84. The second kappa shape index (κ2) is 6.52. The topological polar surface area (TPSA) is 50.3 Å². The molecule has 0 fully saturated rings. The van der Waals surface area contributed by atoms with Gasteiger partial charge < -0.3 is 0 Å². The Balaban J connectivity index is 1.90. The molecule has 1 aromatic heterocycles. The third-order valence-corrected chi connectivity index (χ3v) is 5.60. The average molecular weight is 346 g/mol. The summed E-state index contributed by atoms with van der Waals surface area (Å²) < 4.78 is 0. The quantitative estimate of drug-likeness (QED) is 0.818. The van der Waals surface area contributed by atoms with Crippen molar-refractivity contribution in [3.05, 3.63) is 70.7 Å². The number of allylic oxidation sites excluding steroid dienone is 2. The summed E-state index contributed by atoms with van der Waals surface area (Å²) in [4.78, 5) is 31.9. The van der Waals surface area contributed by atoms with Crippen LogP contribution in [0.2, 0.25) is 0 Å². The fraction of sp³-hybridized carbons (Fsp3) is 0.318. The summed E-state index contributed by atoms with van der Waals surface area (Å²) in [5, 5.41) is 0. The zero-order chi connectivity index (χ0) is 18.3. The van der Waals surface area contributed by atoms with Gasteiger partial charge >= 0.3 is 0 Å². The minimum absolute atomic E-state index is 0.0639. The molecule has 0 radical (unpaired) electrons. The van der Waals surface area contributed by atoms with E-state index in [4.69, 9.17) is 0 Å². The van der Waals surface area contributed by atoms with Crippen molar-refractivity contribution < 1.29 is 9.59 Å². The van der Waals surface area contributed by atoms with Crippen LogP contribution in [0.3, 0.4) is 0 Å². The van der Waals surface area contributed by atoms with Crippen molar-refractivity contribution in [3.8, 4) is 0 Å². The number of benzene rings is 1. The van der Waals surface area contributed by atoms with Crippen molar-refractivity contribution in [2.75, 3.05) is 4.90 Å². The highest BCUT2D eigenvalue weighted by Gasteiger charge is 2.40. The molecule has 2 aromatic rings. The van der Waals surface area contributed by atoms with Gasteiger partial charge in [-0.1, -0.05) is 12.1 Å². The van der Waals surface area contributed by atoms with Crippen molar-refractivity contribution in [1.82, 2.24) is 4.98 Å². The van der Waals surface area contributed by atoms with Crippen LogP contribution in [-0.2, 0) is 9.59 Å². The molecule has 1 amide bonds. The van der Waals surface area contributed by atoms with Gasteiger partial charge in [-0.3, -0.25) is 19.5 Å². The highest BCUT2D eigenvalue weighted by atomic mass is 16.2. The molecular weight excluding hydrogens is 324 g/mol. The number of aromatic nitrogens is 1. The predicted molar refractivity (Wildman–Crippen MR) is 101 cm³/mol. The minimum Gasteiger partial charge on any atom is -0.294 e. The van der Waals surface area contributed by atoms with Crippen molar-refractivity contribution in [3.63, 3.8) is 0 Å². The molecule has 4 heteroatoms. The van der Waals surface area contributed by atoms with Crippen molar-refractivity contribution in [2.24, 2.45) is 0 Å². The van der Waals surface area contributed by atoms with E-state index in [0.29, 0.717) is 12.8 Å². The zero-order valence-corrected chi connectivity index (χ0v) is 15.2. The second-order valence-electron chi connectivity index (χ2n) is 7.12. The lowest BCUT2D eigenvalue weighted by Gasteiger charge is -2.39. The van der Waals surface area contributed by atoms with Crippen LogP contribution < -0.4 is 4.90 Å². The molecule has 0 bridgehead atoms. The molecule has 132 valence electrons. The molecule has 2 heterocycles. The highest BCUT2D eigenvalue weighted by molar-refractivity contribution is 6.07. The van der Waals surface area contributed by atoms with Gasteiger partial charge in [0.05, 0.1) is 5.69 Å². The average Bonchev–Trinajstić information content (AvgIpc) is 2.65. The molecule has 1 aromatic carbocycles. The van der Waals surface area contributed by atoms with Gasteiger partial charge in [0.15, 0.2) is 5.78 Å². The molecule has 0 saturated carbocycles. The molecule has 0 saturated heterocycles. The van der Waals surface area contributed by atoms with Crippen LogP contribution in [-0.4, -0.2) is 16.7 Å². The van der Waals surface area contributed by atoms with Crippen LogP contribution in [0.15, 0.2) is 54.0 Å². The Morgan fingerprint density at radius 1 is 1.04 bits per heavy atom. The van der Waals surface area contributed by atoms with E-state index in [1.165, 1.54) is 0 Å². The standard InChI is InChI=1S/C22H22N2O2/c1-14-5-3-6-18(15(14)2)24-19-7-4-8-20(25)22(19)17(13-21(24)26)16-9-11-23-12-10-16/h3,5-6,9-12,17H,4,7-8,13H2,1-2H3. The van der Waals surface area contributed by atoms with E-state index in [1.807, 2.05) is 49.1 Å². The number of ketones is 1. The number of anilines is 1. The number of carbonyl (C=O) groups excluding carboxylic acids is 2. The fourth-order valence-corrected chi connectivity index (χ4v) is 4.13. The van der Waals surface area contributed by atoms with E-state index in [-0.39, 0.29) is 17.6 Å². The molecule has 1 atom stereocenters.